The predicted molar refractivity (Wildman–Crippen MR) is 89.0 cm³/mol. The van der Waals surface area contributed by atoms with Crippen molar-refractivity contribution in [2.24, 2.45) is 5.10 Å². The van der Waals surface area contributed by atoms with E-state index in [4.69, 9.17) is 4.55 Å². The Hall–Kier alpha value is -2.19. The number of hydrogen-bond acceptors (Lipinski definition) is 5. The molecular formula is C15H19N3O4S. The van der Waals surface area contributed by atoms with Crippen LogP contribution in [0.4, 0.5) is 5.69 Å². The van der Waals surface area contributed by atoms with Crippen molar-refractivity contribution < 1.29 is 17.8 Å². The van der Waals surface area contributed by atoms with Crippen molar-refractivity contribution in [3.8, 4) is 0 Å². The van der Waals surface area contributed by atoms with Gasteiger partial charge in [-0.25, -0.2) is 0 Å². The molecule has 0 unspecified atom stereocenters. The molecule has 0 bridgehead atoms. The minimum absolute atomic E-state index is 0.0981. The van der Waals surface area contributed by atoms with Crippen molar-refractivity contribution in [3.63, 3.8) is 0 Å². The van der Waals surface area contributed by atoms with Crippen molar-refractivity contribution in [1.82, 2.24) is 5.01 Å². The van der Waals surface area contributed by atoms with E-state index < -0.39 is 21.8 Å². The largest absolute Gasteiger partial charge is 0.291 e. The van der Waals surface area contributed by atoms with Gasteiger partial charge in [-0.05, 0) is 31.1 Å². The van der Waals surface area contributed by atoms with Crippen LogP contribution in [0.2, 0.25) is 0 Å². The first-order valence-electron chi connectivity index (χ1n) is 7.04. The average molecular weight is 337 g/mol. The van der Waals surface area contributed by atoms with Crippen LogP contribution in [-0.2, 0) is 14.9 Å². The molecule has 8 heteroatoms. The van der Waals surface area contributed by atoms with Crippen LogP contribution in [0.1, 0.15) is 11.1 Å². The molecule has 0 radical (unpaired) electrons. The summed E-state index contributed by atoms with van der Waals surface area (Å²) in [6.45, 7) is 4.29. The van der Waals surface area contributed by atoms with E-state index in [9.17, 15) is 13.2 Å². The summed E-state index contributed by atoms with van der Waals surface area (Å²) in [6, 6.07) is 5.55. The maximum atomic E-state index is 12.4. The highest BCUT2D eigenvalue weighted by atomic mass is 32.2. The second-order valence-electron chi connectivity index (χ2n) is 5.31. The second kappa shape index (κ2) is 6.93. The third-order valence-electron chi connectivity index (χ3n) is 3.39. The second-order valence-corrected chi connectivity index (χ2v) is 6.76. The lowest BCUT2D eigenvalue weighted by Crippen LogP contribution is -2.43. The Labute approximate surface area is 135 Å². The first-order chi connectivity index (χ1) is 10.8. The standard InChI is InChI=1S/C15H19N3O4S/c1-12-6-5-7-13(2)15(12)18(14(19)10-23(20,21)22)11-17-9-4-3-8-16-17/h3-8H,9-11H2,1-2H3,(H,20,21,22). The molecule has 2 rings (SSSR count). The van der Waals surface area contributed by atoms with E-state index in [0.717, 1.165) is 11.1 Å². The van der Waals surface area contributed by atoms with Crippen LogP contribution in [0.5, 0.6) is 0 Å². The van der Waals surface area contributed by atoms with E-state index in [1.807, 2.05) is 38.1 Å². The van der Waals surface area contributed by atoms with Crippen molar-refractivity contribution >= 4 is 27.9 Å². The molecule has 0 aliphatic carbocycles. The molecule has 1 amide bonds. The van der Waals surface area contributed by atoms with Gasteiger partial charge >= 0.3 is 0 Å². The fourth-order valence-electron chi connectivity index (χ4n) is 2.42. The van der Waals surface area contributed by atoms with Gasteiger partial charge in [0.15, 0.2) is 5.75 Å². The van der Waals surface area contributed by atoms with Crippen LogP contribution < -0.4 is 4.90 Å². The number of nitrogens with zero attached hydrogens (tertiary/aromatic N) is 3. The number of carbonyl (C=O) groups is 1. The number of carbonyl (C=O) groups excluding carboxylic acids is 1. The molecule has 0 saturated carbocycles. The van der Waals surface area contributed by atoms with Crippen LogP contribution in [0.25, 0.3) is 0 Å². The molecule has 1 aliphatic heterocycles. The summed E-state index contributed by atoms with van der Waals surface area (Å²) in [4.78, 5) is 13.8. The van der Waals surface area contributed by atoms with E-state index in [1.165, 1.54) is 4.90 Å². The van der Waals surface area contributed by atoms with Crippen molar-refractivity contribution in [2.75, 3.05) is 23.9 Å². The summed E-state index contributed by atoms with van der Waals surface area (Å²) < 4.78 is 31.2. The van der Waals surface area contributed by atoms with Crippen molar-refractivity contribution in [3.05, 3.63) is 41.5 Å². The third-order valence-corrected chi connectivity index (χ3v) is 4.00. The Kier molecular flexibility index (Phi) is 5.17. The lowest BCUT2D eigenvalue weighted by atomic mass is 10.1. The first-order valence-corrected chi connectivity index (χ1v) is 8.64. The predicted octanol–water partition coefficient (Wildman–Crippen LogP) is 1.34. The fraction of sp³-hybridized carbons (Fsp3) is 0.333. The number of rotatable bonds is 5. The highest BCUT2D eigenvalue weighted by Crippen LogP contribution is 2.25. The number of hydrazone groups is 1. The molecule has 1 aromatic carbocycles. The Morgan fingerprint density at radius 3 is 2.52 bits per heavy atom. The minimum Gasteiger partial charge on any atom is -0.291 e. The SMILES string of the molecule is Cc1cccc(C)c1N(CN1CC=CC=N1)C(=O)CS(=O)(=O)O. The number of benzene rings is 1. The maximum absolute atomic E-state index is 12.4. The first kappa shape index (κ1) is 17.2. The monoisotopic (exact) mass is 337 g/mol. The molecule has 1 aliphatic rings. The molecule has 7 nitrogen and oxygen atoms in total. The van der Waals surface area contributed by atoms with Crippen LogP contribution in [0, 0.1) is 13.8 Å². The van der Waals surface area contributed by atoms with E-state index in [2.05, 4.69) is 5.10 Å². The van der Waals surface area contributed by atoms with Gasteiger partial charge in [0.1, 0.15) is 6.67 Å². The molecule has 0 fully saturated rings. The van der Waals surface area contributed by atoms with Gasteiger partial charge in [-0.2, -0.15) is 13.5 Å². The third kappa shape index (κ3) is 4.64. The lowest BCUT2D eigenvalue weighted by Gasteiger charge is -2.31. The zero-order valence-electron chi connectivity index (χ0n) is 13.0. The molecule has 1 heterocycles. The van der Waals surface area contributed by atoms with Gasteiger partial charge in [0.05, 0.1) is 12.2 Å². The van der Waals surface area contributed by atoms with Crippen LogP contribution in [-0.4, -0.2) is 49.1 Å². The number of aryl methyl sites for hydroxylation is 2. The van der Waals surface area contributed by atoms with Gasteiger partial charge in [-0.3, -0.25) is 19.3 Å². The van der Waals surface area contributed by atoms with Crippen LogP contribution >= 0.6 is 0 Å². The topological polar surface area (TPSA) is 90.3 Å². The van der Waals surface area contributed by atoms with Gasteiger partial charge in [0.2, 0.25) is 5.91 Å². The summed E-state index contributed by atoms with van der Waals surface area (Å²) in [5.74, 6) is -1.66. The van der Waals surface area contributed by atoms with E-state index in [0.29, 0.717) is 12.2 Å². The summed E-state index contributed by atoms with van der Waals surface area (Å²) in [5, 5.41) is 5.78. The average Bonchev–Trinajstić information content (AvgIpc) is 2.45. The number of hydrogen-bond donors (Lipinski definition) is 1. The zero-order chi connectivity index (χ0) is 17.0. The van der Waals surface area contributed by atoms with Crippen molar-refractivity contribution in [1.29, 1.82) is 0 Å². The van der Waals surface area contributed by atoms with Gasteiger partial charge in [0.25, 0.3) is 10.1 Å². The normalized spacial score (nSPS) is 14.1. The van der Waals surface area contributed by atoms with E-state index >= 15 is 0 Å². The van der Waals surface area contributed by atoms with Crippen LogP contribution in [0.15, 0.2) is 35.5 Å². The summed E-state index contributed by atoms with van der Waals surface area (Å²) in [5.41, 5.74) is 2.31. The molecule has 1 aromatic rings. The highest BCUT2D eigenvalue weighted by Gasteiger charge is 2.25. The summed E-state index contributed by atoms with van der Waals surface area (Å²) >= 11 is 0. The molecule has 1 N–H and O–H groups in total. The molecule has 23 heavy (non-hydrogen) atoms. The number of amides is 1. The molecule has 0 saturated heterocycles. The zero-order valence-corrected chi connectivity index (χ0v) is 13.8. The molecular weight excluding hydrogens is 318 g/mol. The minimum atomic E-state index is -4.41. The van der Waals surface area contributed by atoms with Crippen molar-refractivity contribution in [2.45, 2.75) is 13.8 Å². The van der Waals surface area contributed by atoms with Crippen LogP contribution in [0.3, 0.4) is 0 Å². The van der Waals surface area contributed by atoms with Gasteiger partial charge in [-0.1, -0.05) is 24.3 Å². The number of allylic oxidation sites excluding steroid dienone is 1. The lowest BCUT2D eigenvalue weighted by molar-refractivity contribution is -0.116. The summed E-state index contributed by atoms with van der Waals surface area (Å²) in [6.07, 6.45) is 5.27. The van der Waals surface area contributed by atoms with Gasteiger partial charge in [-0.15, -0.1) is 0 Å². The van der Waals surface area contributed by atoms with E-state index in [-0.39, 0.29) is 6.67 Å². The quantitative estimate of drug-likeness (QED) is 0.819. The highest BCUT2D eigenvalue weighted by molar-refractivity contribution is 7.86. The van der Waals surface area contributed by atoms with Gasteiger partial charge < -0.3 is 0 Å². The Bertz CT molecular complexity index is 736. The number of para-hydroxylation sites is 1. The Morgan fingerprint density at radius 1 is 1.35 bits per heavy atom. The maximum Gasteiger partial charge on any atom is 0.274 e. The molecule has 0 aromatic heterocycles. The molecule has 124 valence electrons. The number of anilines is 1. The Balaban J connectivity index is 2.36. The molecule has 0 spiro atoms. The summed E-state index contributed by atoms with van der Waals surface area (Å²) in [7, 11) is -4.41. The smallest absolute Gasteiger partial charge is 0.274 e. The van der Waals surface area contributed by atoms with Gasteiger partial charge in [0, 0.05) is 6.21 Å². The fourth-order valence-corrected chi connectivity index (χ4v) is 2.89. The van der Waals surface area contributed by atoms with E-state index in [1.54, 1.807) is 17.3 Å². The molecule has 0 atom stereocenters. The Morgan fingerprint density at radius 2 is 2.00 bits per heavy atom.